The van der Waals surface area contributed by atoms with E-state index in [-0.39, 0.29) is 0 Å². The van der Waals surface area contributed by atoms with E-state index < -0.39 is 0 Å². The monoisotopic (exact) mass is 498 g/mol. The minimum absolute atomic E-state index is 0.311. The van der Waals surface area contributed by atoms with Crippen molar-refractivity contribution in [3.63, 3.8) is 0 Å². The summed E-state index contributed by atoms with van der Waals surface area (Å²) in [5, 5.41) is 17.8. The molecule has 2 aliphatic rings. The number of piperidine rings is 1. The lowest BCUT2D eigenvalue weighted by molar-refractivity contribution is 0.159. The number of hydrogen-bond acceptors (Lipinski definition) is 7. The number of pyridine rings is 1. The maximum absolute atomic E-state index is 9.16. The summed E-state index contributed by atoms with van der Waals surface area (Å²) in [4.78, 5) is 12.1. The molecule has 2 aliphatic heterocycles. The number of ether oxygens (including phenoxy) is 1. The van der Waals surface area contributed by atoms with E-state index in [9.17, 15) is 0 Å². The Morgan fingerprint density at radius 3 is 2.76 bits per heavy atom. The molecular weight excluding hydrogens is 464 g/mol. The number of benzene rings is 1. The van der Waals surface area contributed by atoms with Crippen molar-refractivity contribution in [2.24, 2.45) is 5.92 Å². The predicted octanol–water partition coefficient (Wildman–Crippen LogP) is 3.54. The van der Waals surface area contributed by atoms with Crippen molar-refractivity contribution in [3.8, 4) is 16.9 Å². The van der Waals surface area contributed by atoms with E-state index >= 15 is 0 Å². The topological polar surface area (TPSA) is 88.7 Å². The maximum atomic E-state index is 9.16. The van der Waals surface area contributed by atoms with Gasteiger partial charge in [0.2, 0.25) is 0 Å². The lowest BCUT2D eigenvalue weighted by atomic mass is 9.94. The zero-order valence-corrected chi connectivity index (χ0v) is 21.2. The lowest BCUT2D eigenvalue weighted by Crippen LogP contribution is -2.35. The molecule has 0 amide bonds. The van der Waals surface area contributed by atoms with E-state index in [0.717, 1.165) is 92.4 Å². The van der Waals surface area contributed by atoms with Crippen LogP contribution in [0.5, 0.6) is 5.75 Å². The number of hydrogen-bond donors (Lipinski definition) is 1. The Morgan fingerprint density at radius 2 is 1.92 bits per heavy atom. The van der Waals surface area contributed by atoms with Crippen LogP contribution < -0.4 is 4.74 Å². The molecule has 1 fully saturated rings. The molecule has 1 saturated heterocycles. The van der Waals surface area contributed by atoms with Crippen LogP contribution in [-0.2, 0) is 25.7 Å². The van der Waals surface area contributed by atoms with Crippen molar-refractivity contribution < 1.29 is 9.84 Å². The highest BCUT2D eigenvalue weighted by molar-refractivity contribution is 5.76. The molecular formula is C29H34N6O2. The summed E-state index contributed by atoms with van der Waals surface area (Å²) in [6, 6.07) is 10.6. The second kappa shape index (κ2) is 10.9. The third-order valence-corrected chi connectivity index (χ3v) is 7.93. The Morgan fingerprint density at radius 1 is 1.00 bits per heavy atom. The molecule has 0 unspecified atom stereocenters. The molecule has 5 heterocycles. The smallest absolute Gasteiger partial charge is 0.171 e. The number of nitrogens with zero attached hydrogens (tertiary/aromatic N) is 6. The average Bonchev–Trinajstić information content (AvgIpc) is 3.63. The Labute approximate surface area is 217 Å². The predicted molar refractivity (Wildman–Crippen MR) is 142 cm³/mol. The van der Waals surface area contributed by atoms with Gasteiger partial charge in [-0.15, -0.1) is 10.2 Å². The van der Waals surface area contributed by atoms with Crippen molar-refractivity contribution in [1.82, 2.24) is 29.5 Å². The molecule has 0 aliphatic carbocycles. The first-order chi connectivity index (χ1) is 18.3. The highest BCUT2D eigenvalue weighted by Gasteiger charge is 2.19. The van der Waals surface area contributed by atoms with Gasteiger partial charge in [-0.1, -0.05) is 18.2 Å². The number of aliphatic hydroxyl groups is 1. The number of aromatic nitrogens is 5. The average molecular weight is 499 g/mol. The standard InChI is InChI=1S/C29H34N6O2/c36-16-11-21-8-13-34(14-9-21)15-10-24-6-4-23(18-30-24)26-19-31-28(35-20-32-33-29(26)35)7-5-22-2-1-3-27-25(22)12-17-37-27/h1-4,6,18-21,36H,5,7-17H2. The van der Waals surface area contributed by atoms with E-state index in [2.05, 4.69) is 45.4 Å². The van der Waals surface area contributed by atoms with E-state index in [1.165, 1.54) is 24.0 Å². The van der Waals surface area contributed by atoms with Crippen molar-refractivity contribution in [2.45, 2.75) is 44.9 Å². The molecule has 0 bridgehead atoms. The molecule has 0 radical (unpaired) electrons. The summed E-state index contributed by atoms with van der Waals surface area (Å²) in [5.74, 6) is 2.66. The molecule has 1 aromatic carbocycles. The normalized spacial score (nSPS) is 16.2. The van der Waals surface area contributed by atoms with Crippen molar-refractivity contribution in [3.05, 3.63) is 71.7 Å². The van der Waals surface area contributed by atoms with Crippen LogP contribution >= 0.6 is 0 Å². The minimum Gasteiger partial charge on any atom is -0.493 e. The van der Waals surface area contributed by atoms with Gasteiger partial charge in [-0.3, -0.25) is 9.38 Å². The van der Waals surface area contributed by atoms with Crippen LogP contribution in [0.2, 0.25) is 0 Å². The fraction of sp³-hybridized carbons (Fsp3) is 0.448. The van der Waals surface area contributed by atoms with Gasteiger partial charge < -0.3 is 14.7 Å². The van der Waals surface area contributed by atoms with Gasteiger partial charge in [0.1, 0.15) is 17.9 Å². The minimum atomic E-state index is 0.311. The summed E-state index contributed by atoms with van der Waals surface area (Å²) < 4.78 is 7.73. The van der Waals surface area contributed by atoms with Gasteiger partial charge in [-0.25, -0.2) is 4.98 Å². The van der Waals surface area contributed by atoms with Crippen LogP contribution in [0, 0.1) is 5.92 Å². The van der Waals surface area contributed by atoms with Crippen LogP contribution in [0.3, 0.4) is 0 Å². The van der Waals surface area contributed by atoms with Gasteiger partial charge in [0, 0.05) is 67.2 Å². The number of aliphatic hydroxyl groups excluding tert-OH is 1. The van der Waals surface area contributed by atoms with E-state index in [4.69, 9.17) is 19.8 Å². The van der Waals surface area contributed by atoms with Gasteiger partial charge in [-0.2, -0.15) is 0 Å². The third-order valence-electron chi connectivity index (χ3n) is 7.93. The van der Waals surface area contributed by atoms with Gasteiger partial charge in [0.15, 0.2) is 5.65 Å². The van der Waals surface area contributed by atoms with Crippen LogP contribution in [0.4, 0.5) is 0 Å². The number of likely N-dealkylation sites (tertiary alicyclic amines) is 1. The van der Waals surface area contributed by atoms with Crippen LogP contribution in [0.15, 0.2) is 49.1 Å². The first-order valence-corrected chi connectivity index (χ1v) is 13.5. The SMILES string of the molecule is OCCC1CCN(CCc2ccc(-c3cnc(CCc4cccc5c4CCO5)n4cnnc34)cn2)CC1. The summed E-state index contributed by atoms with van der Waals surface area (Å²) >= 11 is 0. The first-order valence-electron chi connectivity index (χ1n) is 13.5. The number of fused-ring (bicyclic) bond motifs is 2. The van der Waals surface area contributed by atoms with Crippen LogP contribution in [0.25, 0.3) is 16.8 Å². The molecule has 3 aromatic heterocycles. The summed E-state index contributed by atoms with van der Waals surface area (Å²) in [6.45, 7) is 4.34. The molecule has 8 nitrogen and oxygen atoms in total. The number of rotatable bonds is 9. The van der Waals surface area contributed by atoms with E-state index in [1.54, 1.807) is 6.33 Å². The van der Waals surface area contributed by atoms with E-state index in [0.29, 0.717) is 12.5 Å². The summed E-state index contributed by atoms with van der Waals surface area (Å²) in [5.41, 5.74) is 6.52. The molecule has 192 valence electrons. The molecule has 37 heavy (non-hydrogen) atoms. The van der Waals surface area contributed by atoms with E-state index in [1.807, 2.05) is 16.8 Å². The fourth-order valence-electron chi connectivity index (χ4n) is 5.71. The molecule has 0 atom stereocenters. The van der Waals surface area contributed by atoms with Crippen molar-refractivity contribution in [2.75, 3.05) is 32.8 Å². The Balaban J connectivity index is 1.11. The molecule has 4 aromatic rings. The van der Waals surface area contributed by atoms with Crippen molar-refractivity contribution >= 4 is 5.65 Å². The second-order valence-corrected chi connectivity index (χ2v) is 10.2. The lowest BCUT2D eigenvalue weighted by Gasteiger charge is -2.31. The third kappa shape index (κ3) is 5.22. The quantitative estimate of drug-likeness (QED) is 0.378. The van der Waals surface area contributed by atoms with Crippen LogP contribution in [-0.4, -0.2) is 67.4 Å². The second-order valence-electron chi connectivity index (χ2n) is 10.2. The zero-order valence-electron chi connectivity index (χ0n) is 21.2. The van der Waals surface area contributed by atoms with Gasteiger partial charge >= 0.3 is 0 Å². The molecule has 0 spiro atoms. The first kappa shape index (κ1) is 24.0. The van der Waals surface area contributed by atoms with Crippen LogP contribution in [0.1, 0.15) is 41.9 Å². The maximum Gasteiger partial charge on any atom is 0.171 e. The van der Waals surface area contributed by atoms with Gasteiger partial charge in [-0.05, 0) is 62.4 Å². The zero-order chi connectivity index (χ0) is 25.0. The largest absolute Gasteiger partial charge is 0.493 e. The fourth-order valence-corrected chi connectivity index (χ4v) is 5.71. The highest BCUT2D eigenvalue weighted by atomic mass is 16.5. The Kier molecular flexibility index (Phi) is 7.10. The van der Waals surface area contributed by atoms with Gasteiger partial charge in [0.05, 0.1) is 6.61 Å². The van der Waals surface area contributed by atoms with Crippen molar-refractivity contribution in [1.29, 1.82) is 0 Å². The molecule has 1 N–H and O–H groups in total. The molecule has 8 heteroatoms. The molecule has 0 saturated carbocycles. The molecule has 6 rings (SSSR count). The summed E-state index contributed by atoms with van der Waals surface area (Å²) in [7, 11) is 0. The number of aryl methyl sites for hydroxylation is 2. The Hall–Kier alpha value is -3.36. The highest BCUT2D eigenvalue weighted by Crippen LogP contribution is 2.29. The summed E-state index contributed by atoms with van der Waals surface area (Å²) in [6.07, 6.45) is 12.5. The van der Waals surface area contributed by atoms with Gasteiger partial charge in [0.25, 0.3) is 0 Å². The Bertz CT molecular complexity index is 1340.